The number of hydrogen-bond donors (Lipinski definition) is 1. The lowest BCUT2D eigenvalue weighted by molar-refractivity contribution is 0.411. The fourth-order valence-electron chi connectivity index (χ4n) is 2.37. The highest BCUT2D eigenvalue weighted by atomic mass is 16.5. The average Bonchev–Trinajstić information content (AvgIpc) is 2.40. The molecule has 0 heterocycles. The smallest absolute Gasteiger partial charge is 0.121 e. The van der Waals surface area contributed by atoms with Crippen LogP contribution in [0.4, 0.5) is 0 Å². The third kappa shape index (κ3) is 2.79. The molecule has 0 aliphatic heterocycles. The zero-order valence-corrected chi connectivity index (χ0v) is 12.0. The maximum absolute atomic E-state index is 6.41. The lowest BCUT2D eigenvalue weighted by atomic mass is 9.93. The molecule has 0 fully saturated rings. The molecule has 1 unspecified atom stereocenters. The van der Waals surface area contributed by atoms with Crippen LogP contribution in [0.1, 0.15) is 33.9 Å². The van der Waals surface area contributed by atoms with Crippen LogP contribution < -0.4 is 10.5 Å². The molecule has 2 nitrogen and oxygen atoms in total. The Hall–Kier alpha value is -1.80. The van der Waals surface area contributed by atoms with Gasteiger partial charge in [-0.15, -0.1) is 0 Å². The summed E-state index contributed by atoms with van der Waals surface area (Å²) in [6, 6.07) is 12.4. The maximum atomic E-state index is 6.41. The van der Waals surface area contributed by atoms with E-state index < -0.39 is 0 Å². The third-order valence-electron chi connectivity index (χ3n) is 3.55. The first kappa shape index (κ1) is 13.6. The van der Waals surface area contributed by atoms with E-state index in [0.29, 0.717) is 0 Å². The van der Waals surface area contributed by atoms with Gasteiger partial charge in [0.2, 0.25) is 0 Å². The van der Waals surface area contributed by atoms with E-state index in [1.54, 1.807) is 7.11 Å². The fraction of sp³-hybridized carbons (Fsp3) is 0.294. The van der Waals surface area contributed by atoms with Gasteiger partial charge in [-0.1, -0.05) is 35.9 Å². The van der Waals surface area contributed by atoms with Crippen LogP contribution in [-0.2, 0) is 0 Å². The third-order valence-corrected chi connectivity index (χ3v) is 3.55. The van der Waals surface area contributed by atoms with Gasteiger partial charge in [-0.05, 0) is 49.1 Å². The first-order valence-electron chi connectivity index (χ1n) is 6.50. The molecule has 2 rings (SSSR count). The Morgan fingerprint density at radius 3 is 2.32 bits per heavy atom. The molecule has 2 aromatic carbocycles. The summed E-state index contributed by atoms with van der Waals surface area (Å²) in [5.74, 6) is 0.900. The van der Waals surface area contributed by atoms with E-state index in [2.05, 4.69) is 38.1 Å². The maximum Gasteiger partial charge on any atom is 0.121 e. The van der Waals surface area contributed by atoms with Crippen LogP contribution in [0.15, 0.2) is 36.4 Å². The molecule has 0 bridgehead atoms. The molecular weight excluding hydrogens is 234 g/mol. The van der Waals surface area contributed by atoms with Crippen LogP contribution in [-0.4, -0.2) is 7.11 Å². The van der Waals surface area contributed by atoms with Crippen molar-refractivity contribution >= 4 is 0 Å². The molecule has 0 aliphatic rings. The lowest BCUT2D eigenvalue weighted by Crippen LogP contribution is -2.13. The number of methoxy groups -OCH3 is 1. The molecule has 19 heavy (non-hydrogen) atoms. The Bertz CT molecular complexity index is 590. The second-order valence-electron chi connectivity index (χ2n) is 5.07. The number of benzene rings is 2. The molecule has 100 valence electrons. The minimum absolute atomic E-state index is 0.0930. The first-order chi connectivity index (χ1) is 9.02. The van der Waals surface area contributed by atoms with Crippen LogP contribution in [0.5, 0.6) is 5.75 Å². The number of hydrogen-bond acceptors (Lipinski definition) is 2. The van der Waals surface area contributed by atoms with Gasteiger partial charge in [0, 0.05) is 0 Å². The van der Waals surface area contributed by atoms with Crippen molar-refractivity contribution < 1.29 is 4.74 Å². The SMILES string of the molecule is COc1ccc(C(N)c2cc(C)ccc2C)cc1C. The van der Waals surface area contributed by atoms with Crippen molar-refractivity contribution in [3.05, 3.63) is 64.2 Å². The fourth-order valence-corrected chi connectivity index (χ4v) is 2.37. The number of aryl methyl sites for hydroxylation is 3. The summed E-state index contributed by atoms with van der Waals surface area (Å²) in [6.07, 6.45) is 0. The van der Waals surface area contributed by atoms with E-state index in [1.807, 2.05) is 19.1 Å². The van der Waals surface area contributed by atoms with Gasteiger partial charge in [0.25, 0.3) is 0 Å². The second kappa shape index (κ2) is 5.45. The Morgan fingerprint density at radius 1 is 0.947 bits per heavy atom. The quantitative estimate of drug-likeness (QED) is 0.908. The van der Waals surface area contributed by atoms with E-state index in [1.165, 1.54) is 16.7 Å². The van der Waals surface area contributed by atoms with E-state index in [4.69, 9.17) is 10.5 Å². The van der Waals surface area contributed by atoms with Crippen LogP contribution >= 0.6 is 0 Å². The zero-order chi connectivity index (χ0) is 14.0. The lowest BCUT2D eigenvalue weighted by Gasteiger charge is -2.17. The number of nitrogens with two attached hydrogens (primary N) is 1. The van der Waals surface area contributed by atoms with Crippen LogP contribution in [0, 0.1) is 20.8 Å². The standard InChI is InChI=1S/C17H21NO/c1-11-5-6-12(2)15(9-11)17(18)14-7-8-16(19-4)13(3)10-14/h5-10,17H,18H2,1-4H3. The molecular formula is C17H21NO. The Labute approximate surface area is 115 Å². The average molecular weight is 255 g/mol. The minimum atomic E-state index is -0.0930. The highest BCUT2D eigenvalue weighted by Gasteiger charge is 2.13. The van der Waals surface area contributed by atoms with Crippen molar-refractivity contribution in [1.82, 2.24) is 0 Å². The molecule has 0 saturated heterocycles. The van der Waals surface area contributed by atoms with Gasteiger partial charge in [0.1, 0.15) is 5.75 Å². The molecule has 0 radical (unpaired) electrons. The highest BCUT2D eigenvalue weighted by molar-refractivity contribution is 5.43. The summed E-state index contributed by atoms with van der Waals surface area (Å²) < 4.78 is 5.29. The molecule has 2 heteroatoms. The Morgan fingerprint density at radius 2 is 1.68 bits per heavy atom. The van der Waals surface area contributed by atoms with Crippen molar-refractivity contribution in [3.8, 4) is 5.75 Å². The summed E-state index contributed by atoms with van der Waals surface area (Å²) in [6.45, 7) is 6.23. The summed E-state index contributed by atoms with van der Waals surface area (Å²) in [7, 11) is 1.69. The highest BCUT2D eigenvalue weighted by Crippen LogP contribution is 2.27. The number of rotatable bonds is 3. The van der Waals surface area contributed by atoms with Crippen LogP contribution in [0.3, 0.4) is 0 Å². The van der Waals surface area contributed by atoms with Crippen molar-refractivity contribution in [1.29, 1.82) is 0 Å². The van der Waals surface area contributed by atoms with Crippen LogP contribution in [0.2, 0.25) is 0 Å². The molecule has 2 aromatic rings. The predicted octanol–water partition coefficient (Wildman–Crippen LogP) is 3.67. The van der Waals surface area contributed by atoms with Gasteiger partial charge in [-0.2, -0.15) is 0 Å². The topological polar surface area (TPSA) is 35.2 Å². The van der Waals surface area contributed by atoms with Gasteiger partial charge < -0.3 is 10.5 Å². The van der Waals surface area contributed by atoms with Gasteiger partial charge >= 0.3 is 0 Å². The molecule has 0 aromatic heterocycles. The van der Waals surface area contributed by atoms with E-state index in [0.717, 1.165) is 16.9 Å². The summed E-state index contributed by atoms with van der Waals surface area (Å²) in [5, 5.41) is 0. The van der Waals surface area contributed by atoms with E-state index in [-0.39, 0.29) is 6.04 Å². The summed E-state index contributed by atoms with van der Waals surface area (Å²) in [4.78, 5) is 0. The zero-order valence-electron chi connectivity index (χ0n) is 12.0. The molecule has 0 spiro atoms. The predicted molar refractivity (Wildman–Crippen MR) is 79.7 cm³/mol. The van der Waals surface area contributed by atoms with Crippen LogP contribution in [0.25, 0.3) is 0 Å². The molecule has 0 aliphatic carbocycles. The second-order valence-corrected chi connectivity index (χ2v) is 5.07. The van der Waals surface area contributed by atoms with E-state index in [9.17, 15) is 0 Å². The van der Waals surface area contributed by atoms with Crippen molar-refractivity contribution in [2.24, 2.45) is 5.73 Å². The Balaban J connectivity index is 2.41. The minimum Gasteiger partial charge on any atom is -0.496 e. The van der Waals surface area contributed by atoms with Gasteiger partial charge in [-0.25, -0.2) is 0 Å². The molecule has 0 amide bonds. The molecule has 2 N–H and O–H groups in total. The molecule has 1 atom stereocenters. The van der Waals surface area contributed by atoms with Crippen molar-refractivity contribution in [2.75, 3.05) is 7.11 Å². The van der Waals surface area contributed by atoms with Gasteiger partial charge in [0.05, 0.1) is 13.2 Å². The monoisotopic (exact) mass is 255 g/mol. The van der Waals surface area contributed by atoms with E-state index >= 15 is 0 Å². The van der Waals surface area contributed by atoms with Gasteiger partial charge in [-0.3, -0.25) is 0 Å². The normalized spacial score (nSPS) is 12.3. The largest absolute Gasteiger partial charge is 0.496 e. The van der Waals surface area contributed by atoms with Crippen molar-refractivity contribution in [3.63, 3.8) is 0 Å². The summed E-state index contributed by atoms with van der Waals surface area (Å²) >= 11 is 0. The number of ether oxygens (including phenoxy) is 1. The Kier molecular flexibility index (Phi) is 3.91. The molecule has 0 saturated carbocycles. The van der Waals surface area contributed by atoms with Gasteiger partial charge in [0.15, 0.2) is 0 Å². The van der Waals surface area contributed by atoms with Crippen molar-refractivity contribution in [2.45, 2.75) is 26.8 Å². The first-order valence-corrected chi connectivity index (χ1v) is 6.50. The summed E-state index contributed by atoms with van der Waals surface area (Å²) in [5.41, 5.74) is 12.3.